The van der Waals surface area contributed by atoms with Crippen LogP contribution in [-0.2, 0) is 9.05 Å². The third-order valence-electron chi connectivity index (χ3n) is 3.27. The molecule has 0 spiro atoms. The average molecular weight is 306 g/mol. The van der Waals surface area contributed by atoms with Crippen LogP contribution >= 0.6 is 10.7 Å². The Morgan fingerprint density at radius 1 is 1.47 bits per heavy atom. The molecule has 4 nitrogen and oxygen atoms in total. The molecule has 0 aliphatic heterocycles. The molecular weight excluding hydrogens is 293 g/mol. The zero-order valence-electron chi connectivity index (χ0n) is 10.4. The highest BCUT2D eigenvalue weighted by molar-refractivity contribution is 8.13. The van der Waals surface area contributed by atoms with Crippen molar-refractivity contribution in [3.63, 3.8) is 0 Å². The lowest BCUT2D eigenvalue weighted by atomic mass is 10.1. The first-order valence-corrected chi connectivity index (χ1v) is 7.97. The summed E-state index contributed by atoms with van der Waals surface area (Å²) in [4.78, 5) is 11.2. The van der Waals surface area contributed by atoms with E-state index in [1.54, 1.807) is 0 Å². The second kappa shape index (κ2) is 4.45. The van der Waals surface area contributed by atoms with Crippen LogP contribution in [0.25, 0.3) is 0 Å². The molecule has 1 N–H and O–H groups in total. The zero-order valence-corrected chi connectivity index (χ0v) is 12.0. The van der Waals surface area contributed by atoms with Crippen LogP contribution in [0, 0.1) is 11.2 Å². The van der Waals surface area contributed by atoms with E-state index in [1.807, 2.05) is 13.8 Å². The normalized spacial score (nSPS) is 20.9. The van der Waals surface area contributed by atoms with Crippen molar-refractivity contribution >= 4 is 25.6 Å². The van der Waals surface area contributed by atoms with Crippen molar-refractivity contribution in [3.8, 4) is 0 Å². The number of carbonyl (C=O) groups excluding carboxylic acids is 1. The molecule has 0 radical (unpaired) electrons. The minimum atomic E-state index is -4.21. The number of nitrogens with one attached hydrogen (secondary N) is 1. The van der Waals surface area contributed by atoms with Gasteiger partial charge < -0.3 is 5.32 Å². The van der Waals surface area contributed by atoms with E-state index in [1.165, 1.54) is 6.07 Å². The molecule has 104 valence electrons. The van der Waals surface area contributed by atoms with Gasteiger partial charge in [-0.1, -0.05) is 13.8 Å². The number of carbonyl (C=O) groups is 1. The SMILES string of the molecule is CC1(C)CC1NC(=O)c1ccc(F)c(S(=O)(=O)Cl)c1. The molecule has 1 amide bonds. The Morgan fingerprint density at radius 3 is 2.53 bits per heavy atom. The Labute approximate surface area is 115 Å². The second-order valence-electron chi connectivity index (χ2n) is 5.30. The minimum Gasteiger partial charge on any atom is -0.349 e. The van der Waals surface area contributed by atoms with Crippen LogP contribution in [0.3, 0.4) is 0 Å². The fraction of sp³-hybridized carbons (Fsp3) is 0.417. The summed E-state index contributed by atoms with van der Waals surface area (Å²) in [7, 11) is 0.896. The maximum absolute atomic E-state index is 13.3. The van der Waals surface area contributed by atoms with Crippen LogP contribution in [0.2, 0.25) is 0 Å². The molecule has 19 heavy (non-hydrogen) atoms. The first-order valence-electron chi connectivity index (χ1n) is 5.66. The fourth-order valence-corrected chi connectivity index (χ4v) is 2.71. The van der Waals surface area contributed by atoms with E-state index in [-0.39, 0.29) is 17.0 Å². The summed E-state index contributed by atoms with van der Waals surface area (Å²) in [5.41, 5.74) is 0.125. The lowest BCUT2D eigenvalue weighted by Crippen LogP contribution is -2.28. The number of benzene rings is 1. The third-order valence-corrected chi connectivity index (χ3v) is 4.61. The molecule has 1 saturated carbocycles. The van der Waals surface area contributed by atoms with E-state index in [0.29, 0.717) is 0 Å². The molecule has 0 heterocycles. The van der Waals surface area contributed by atoms with Crippen molar-refractivity contribution in [2.45, 2.75) is 31.2 Å². The van der Waals surface area contributed by atoms with E-state index in [0.717, 1.165) is 18.6 Å². The Hall–Kier alpha value is -1.14. The zero-order chi connectivity index (χ0) is 14.4. The molecule has 0 saturated heterocycles. The van der Waals surface area contributed by atoms with Gasteiger partial charge in [0.15, 0.2) is 0 Å². The Morgan fingerprint density at radius 2 is 2.05 bits per heavy atom. The van der Waals surface area contributed by atoms with Crippen LogP contribution in [0.15, 0.2) is 23.1 Å². The molecule has 1 fully saturated rings. The summed E-state index contributed by atoms with van der Waals surface area (Å²) in [6, 6.07) is 3.15. The molecule has 7 heteroatoms. The first kappa shape index (κ1) is 14.3. The Balaban J connectivity index is 2.24. The average Bonchev–Trinajstić information content (AvgIpc) is 2.84. The number of amides is 1. The van der Waals surface area contributed by atoms with Crippen LogP contribution in [0.5, 0.6) is 0 Å². The van der Waals surface area contributed by atoms with Crippen molar-refractivity contribution in [3.05, 3.63) is 29.6 Å². The summed E-state index contributed by atoms with van der Waals surface area (Å²) in [5.74, 6) is -1.41. The van der Waals surface area contributed by atoms with E-state index in [4.69, 9.17) is 10.7 Å². The van der Waals surface area contributed by atoms with Crippen molar-refractivity contribution < 1.29 is 17.6 Å². The van der Waals surface area contributed by atoms with Gasteiger partial charge in [-0.2, -0.15) is 0 Å². The predicted octanol–water partition coefficient (Wildman–Crippen LogP) is 2.28. The van der Waals surface area contributed by atoms with Crippen LogP contribution < -0.4 is 5.32 Å². The van der Waals surface area contributed by atoms with Gasteiger partial charge in [-0.05, 0) is 30.0 Å². The summed E-state index contributed by atoms with van der Waals surface area (Å²) in [6.07, 6.45) is 0.862. The molecule has 1 atom stereocenters. The first-order chi connectivity index (χ1) is 8.61. The molecular formula is C12H13ClFNO3S. The topological polar surface area (TPSA) is 63.2 Å². The van der Waals surface area contributed by atoms with Gasteiger partial charge in [0, 0.05) is 22.3 Å². The molecule has 1 aromatic carbocycles. The highest BCUT2D eigenvalue weighted by Crippen LogP contribution is 2.44. The smallest absolute Gasteiger partial charge is 0.264 e. The van der Waals surface area contributed by atoms with Gasteiger partial charge >= 0.3 is 0 Å². The van der Waals surface area contributed by atoms with Crippen LogP contribution in [0.1, 0.15) is 30.6 Å². The molecule has 1 aliphatic rings. The van der Waals surface area contributed by atoms with E-state index in [2.05, 4.69) is 5.32 Å². The van der Waals surface area contributed by atoms with Crippen molar-refractivity contribution in [2.24, 2.45) is 5.41 Å². The van der Waals surface area contributed by atoms with Crippen molar-refractivity contribution in [1.82, 2.24) is 5.32 Å². The summed E-state index contributed by atoms with van der Waals surface area (Å²) in [5, 5.41) is 2.76. The van der Waals surface area contributed by atoms with Gasteiger partial charge in [0.1, 0.15) is 10.7 Å². The van der Waals surface area contributed by atoms with Gasteiger partial charge in [-0.25, -0.2) is 12.8 Å². The van der Waals surface area contributed by atoms with Gasteiger partial charge in [-0.15, -0.1) is 0 Å². The quantitative estimate of drug-likeness (QED) is 0.871. The van der Waals surface area contributed by atoms with E-state index >= 15 is 0 Å². The second-order valence-corrected chi connectivity index (χ2v) is 7.84. The number of hydrogen-bond acceptors (Lipinski definition) is 3. The Bertz CT molecular complexity index is 642. The van der Waals surface area contributed by atoms with Crippen molar-refractivity contribution in [2.75, 3.05) is 0 Å². The van der Waals surface area contributed by atoms with Crippen LogP contribution in [-0.4, -0.2) is 20.4 Å². The largest absolute Gasteiger partial charge is 0.349 e. The molecule has 1 unspecified atom stereocenters. The highest BCUT2D eigenvalue weighted by Gasteiger charge is 2.46. The van der Waals surface area contributed by atoms with Gasteiger partial charge in [-0.3, -0.25) is 4.79 Å². The van der Waals surface area contributed by atoms with Crippen LogP contribution in [0.4, 0.5) is 4.39 Å². The predicted molar refractivity (Wildman–Crippen MR) is 69.1 cm³/mol. The third kappa shape index (κ3) is 3.06. The van der Waals surface area contributed by atoms with Gasteiger partial charge in [0.05, 0.1) is 0 Å². The maximum Gasteiger partial charge on any atom is 0.264 e. The monoisotopic (exact) mass is 305 g/mol. The van der Waals surface area contributed by atoms with E-state index < -0.39 is 25.7 Å². The molecule has 2 rings (SSSR count). The summed E-state index contributed by atoms with van der Waals surface area (Å²) >= 11 is 0. The molecule has 0 aromatic heterocycles. The molecule has 0 bridgehead atoms. The standard InChI is InChI=1S/C12H13ClFNO3S/c1-12(2)6-10(12)15-11(16)7-3-4-8(14)9(5-7)19(13,17)18/h3-5,10H,6H2,1-2H3,(H,15,16). The van der Waals surface area contributed by atoms with Crippen molar-refractivity contribution in [1.29, 1.82) is 0 Å². The highest BCUT2D eigenvalue weighted by atomic mass is 35.7. The fourth-order valence-electron chi connectivity index (χ4n) is 1.79. The number of halogens is 2. The maximum atomic E-state index is 13.3. The van der Waals surface area contributed by atoms with Gasteiger partial charge in [0.2, 0.25) is 0 Å². The lowest BCUT2D eigenvalue weighted by molar-refractivity contribution is 0.0946. The Kier molecular flexibility index (Phi) is 3.35. The van der Waals surface area contributed by atoms with E-state index in [9.17, 15) is 17.6 Å². The summed E-state index contributed by atoms with van der Waals surface area (Å²) < 4.78 is 35.7. The summed E-state index contributed by atoms with van der Waals surface area (Å²) in [6.45, 7) is 4.02. The van der Waals surface area contributed by atoms with Gasteiger partial charge in [0.25, 0.3) is 15.0 Å². The number of rotatable bonds is 3. The number of hydrogen-bond donors (Lipinski definition) is 1. The lowest BCUT2D eigenvalue weighted by Gasteiger charge is -2.08. The molecule has 1 aliphatic carbocycles. The minimum absolute atomic E-state index is 0.0527. The molecule has 1 aromatic rings.